The minimum atomic E-state index is -0.276. The Balaban J connectivity index is 1.32. The maximum absolute atomic E-state index is 6.05. The largest absolute Gasteiger partial charge is 0.485 e. The van der Waals surface area contributed by atoms with Crippen LogP contribution in [-0.4, -0.2) is 41.4 Å². The highest BCUT2D eigenvalue weighted by Crippen LogP contribution is 2.36. The summed E-state index contributed by atoms with van der Waals surface area (Å²) in [5.41, 5.74) is 1.78. The van der Waals surface area contributed by atoms with Crippen molar-refractivity contribution in [3.05, 3.63) is 59.4 Å². The lowest BCUT2D eigenvalue weighted by atomic mass is 10.3. The fourth-order valence-electron chi connectivity index (χ4n) is 3.21. The Morgan fingerprint density at radius 2 is 1.86 bits per heavy atom. The summed E-state index contributed by atoms with van der Waals surface area (Å²) in [6, 6.07) is 15.4. The summed E-state index contributed by atoms with van der Waals surface area (Å²) in [7, 11) is 0. The summed E-state index contributed by atoms with van der Waals surface area (Å²) in [5, 5.41) is 22.4. The van der Waals surface area contributed by atoms with Gasteiger partial charge in [-0.25, -0.2) is 4.68 Å². The summed E-state index contributed by atoms with van der Waals surface area (Å²) < 4.78 is 15.4. The molecule has 0 saturated carbocycles. The van der Waals surface area contributed by atoms with E-state index >= 15 is 0 Å². The standard InChI is InChI=1S/C18H13N7O2S/c1-2-6-12-11(5-1)19-23-24(12)9-16-20-21-18-25(16)22-17(28-18)15-10-26-13-7-3-4-8-14(13)27-15/h1-8,15H,9-10H2/t15-/m0/s1. The maximum atomic E-state index is 6.05. The molecule has 0 N–H and O–H groups in total. The van der Waals surface area contributed by atoms with Crippen LogP contribution in [0.5, 0.6) is 11.5 Å². The average molecular weight is 391 g/mol. The summed E-state index contributed by atoms with van der Waals surface area (Å²) in [5.74, 6) is 2.16. The van der Waals surface area contributed by atoms with Gasteiger partial charge in [0, 0.05) is 0 Å². The van der Waals surface area contributed by atoms with Gasteiger partial charge in [-0.05, 0) is 24.3 Å². The van der Waals surface area contributed by atoms with Gasteiger partial charge in [-0.3, -0.25) is 0 Å². The predicted octanol–water partition coefficient (Wildman–Crippen LogP) is 2.49. The Morgan fingerprint density at radius 3 is 2.82 bits per heavy atom. The smallest absolute Gasteiger partial charge is 0.234 e. The van der Waals surface area contributed by atoms with Crippen molar-refractivity contribution in [1.29, 1.82) is 0 Å². The number of benzene rings is 2. The molecule has 6 rings (SSSR count). The molecule has 0 radical (unpaired) electrons. The van der Waals surface area contributed by atoms with E-state index in [4.69, 9.17) is 9.47 Å². The van der Waals surface area contributed by atoms with Crippen LogP contribution in [0.3, 0.4) is 0 Å². The zero-order chi connectivity index (χ0) is 18.5. The van der Waals surface area contributed by atoms with Crippen molar-refractivity contribution in [2.45, 2.75) is 12.6 Å². The van der Waals surface area contributed by atoms with Crippen LogP contribution >= 0.6 is 11.3 Å². The van der Waals surface area contributed by atoms with Gasteiger partial charge in [0.2, 0.25) is 4.96 Å². The Kier molecular flexibility index (Phi) is 3.32. The van der Waals surface area contributed by atoms with Gasteiger partial charge in [0.05, 0.1) is 5.52 Å². The van der Waals surface area contributed by atoms with Gasteiger partial charge in [-0.2, -0.15) is 9.61 Å². The Labute approximate surface area is 162 Å². The van der Waals surface area contributed by atoms with Gasteiger partial charge in [-0.15, -0.1) is 15.3 Å². The lowest BCUT2D eigenvalue weighted by Gasteiger charge is -2.24. The van der Waals surface area contributed by atoms with Crippen molar-refractivity contribution in [3.63, 3.8) is 0 Å². The Hall–Kier alpha value is -3.53. The van der Waals surface area contributed by atoms with Crippen LogP contribution < -0.4 is 9.47 Å². The third-order valence-corrected chi connectivity index (χ3v) is 5.56. The van der Waals surface area contributed by atoms with Crippen LogP contribution in [0.1, 0.15) is 16.9 Å². The number of ether oxygens (including phenoxy) is 2. The predicted molar refractivity (Wildman–Crippen MR) is 101 cm³/mol. The Bertz CT molecular complexity index is 1310. The third-order valence-electron chi connectivity index (χ3n) is 4.57. The summed E-state index contributed by atoms with van der Waals surface area (Å²) >= 11 is 1.44. The fourth-order valence-corrected chi connectivity index (χ4v) is 4.08. The highest BCUT2D eigenvalue weighted by molar-refractivity contribution is 7.16. The fraction of sp³-hybridized carbons (Fsp3) is 0.167. The van der Waals surface area contributed by atoms with Gasteiger partial charge in [0.1, 0.15) is 18.7 Å². The van der Waals surface area contributed by atoms with E-state index in [1.54, 1.807) is 9.20 Å². The molecule has 10 heteroatoms. The first kappa shape index (κ1) is 15.5. The second-order valence-electron chi connectivity index (χ2n) is 6.35. The van der Waals surface area contributed by atoms with E-state index in [1.165, 1.54) is 11.3 Å². The molecule has 3 aromatic heterocycles. The number of hydrogen-bond donors (Lipinski definition) is 0. The molecule has 2 aromatic carbocycles. The van der Waals surface area contributed by atoms with E-state index in [-0.39, 0.29) is 6.10 Å². The number of rotatable bonds is 3. The van der Waals surface area contributed by atoms with E-state index in [9.17, 15) is 0 Å². The monoisotopic (exact) mass is 391 g/mol. The van der Waals surface area contributed by atoms with Crippen molar-refractivity contribution >= 4 is 27.3 Å². The van der Waals surface area contributed by atoms with Gasteiger partial charge in [0.15, 0.2) is 28.4 Å². The van der Waals surface area contributed by atoms with Crippen LogP contribution in [0.25, 0.3) is 16.0 Å². The van der Waals surface area contributed by atoms with Crippen LogP contribution in [0.2, 0.25) is 0 Å². The molecule has 1 aliphatic heterocycles. The number of fused-ring (bicyclic) bond motifs is 3. The molecule has 0 bridgehead atoms. The highest BCUT2D eigenvalue weighted by atomic mass is 32.1. The molecule has 0 fully saturated rings. The van der Waals surface area contributed by atoms with E-state index in [1.807, 2.05) is 48.5 Å². The van der Waals surface area contributed by atoms with Crippen molar-refractivity contribution in [1.82, 2.24) is 34.8 Å². The lowest BCUT2D eigenvalue weighted by molar-refractivity contribution is 0.0904. The van der Waals surface area contributed by atoms with Crippen molar-refractivity contribution < 1.29 is 9.47 Å². The third kappa shape index (κ3) is 2.42. The first-order valence-corrected chi connectivity index (χ1v) is 9.54. The normalized spacial score (nSPS) is 16.1. The summed E-state index contributed by atoms with van der Waals surface area (Å²) in [6.45, 7) is 0.833. The van der Waals surface area contributed by atoms with Gasteiger partial charge in [-0.1, -0.05) is 40.8 Å². The van der Waals surface area contributed by atoms with E-state index in [2.05, 4.69) is 25.6 Å². The van der Waals surface area contributed by atoms with Gasteiger partial charge < -0.3 is 9.47 Å². The van der Waals surface area contributed by atoms with Crippen LogP contribution in [0.4, 0.5) is 0 Å². The molecule has 138 valence electrons. The molecular formula is C18H13N7O2S. The molecule has 0 unspecified atom stereocenters. The number of nitrogens with zero attached hydrogens (tertiary/aromatic N) is 7. The molecule has 0 spiro atoms. The van der Waals surface area contributed by atoms with E-state index in [0.717, 1.165) is 27.5 Å². The molecule has 5 aromatic rings. The Morgan fingerprint density at radius 1 is 1.00 bits per heavy atom. The topological polar surface area (TPSA) is 92.2 Å². The van der Waals surface area contributed by atoms with Crippen molar-refractivity contribution in [2.75, 3.05) is 6.61 Å². The van der Waals surface area contributed by atoms with Crippen LogP contribution in [0, 0.1) is 0 Å². The van der Waals surface area contributed by atoms with Crippen LogP contribution in [-0.2, 0) is 6.54 Å². The molecule has 0 aliphatic carbocycles. The second kappa shape index (κ2) is 5.99. The van der Waals surface area contributed by atoms with E-state index < -0.39 is 0 Å². The maximum Gasteiger partial charge on any atom is 0.234 e. The first-order chi connectivity index (χ1) is 13.8. The zero-order valence-electron chi connectivity index (χ0n) is 14.5. The molecule has 0 saturated heterocycles. The molecule has 9 nitrogen and oxygen atoms in total. The van der Waals surface area contributed by atoms with Crippen molar-refractivity contribution in [3.8, 4) is 11.5 Å². The SMILES string of the molecule is c1ccc2c(c1)OC[C@@H](c1nn3c(Cn4nnc5ccccc54)nnc3s1)O2. The number of para-hydroxylation sites is 3. The molecule has 4 heterocycles. The number of hydrogen-bond acceptors (Lipinski definition) is 8. The minimum Gasteiger partial charge on any atom is -0.485 e. The molecule has 0 amide bonds. The average Bonchev–Trinajstić information content (AvgIpc) is 3.44. The summed E-state index contributed by atoms with van der Waals surface area (Å²) in [6.07, 6.45) is -0.276. The zero-order valence-corrected chi connectivity index (χ0v) is 15.3. The van der Waals surface area contributed by atoms with Gasteiger partial charge >= 0.3 is 0 Å². The molecule has 1 atom stereocenters. The van der Waals surface area contributed by atoms with Gasteiger partial charge in [0.25, 0.3) is 0 Å². The molecule has 28 heavy (non-hydrogen) atoms. The molecule has 1 aliphatic rings. The quantitative estimate of drug-likeness (QED) is 0.466. The lowest BCUT2D eigenvalue weighted by Crippen LogP contribution is -2.21. The second-order valence-corrected chi connectivity index (χ2v) is 7.34. The summed E-state index contributed by atoms with van der Waals surface area (Å²) in [4.78, 5) is 0.705. The first-order valence-electron chi connectivity index (χ1n) is 8.73. The number of aromatic nitrogens is 7. The van der Waals surface area contributed by atoms with Crippen molar-refractivity contribution in [2.24, 2.45) is 0 Å². The molecular weight excluding hydrogens is 378 g/mol. The highest BCUT2D eigenvalue weighted by Gasteiger charge is 2.27. The van der Waals surface area contributed by atoms with Crippen LogP contribution in [0.15, 0.2) is 48.5 Å². The van der Waals surface area contributed by atoms with E-state index in [0.29, 0.717) is 23.9 Å². The minimum absolute atomic E-state index is 0.276.